The molecule has 416 valence electrons. The molecule has 2 atom stereocenters. The number of amides is 1. The molecular formula is C64H125NO5. The Bertz CT molecular complexity index is 1050. The van der Waals surface area contributed by atoms with Gasteiger partial charge in [0.05, 0.1) is 25.4 Å². The average Bonchev–Trinajstić information content (AvgIpc) is 3.36. The molecule has 0 radical (unpaired) electrons. The van der Waals surface area contributed by atoms with E-state index in [1.807, 2.05) is 0 Å². The van der Waals surface area contributed by atoms with Crippen LogP contribution in [0.2, 0.25) is 0 Å². The number of unbranched alkanes of at least 4 members (excludes halogenated alkanes) is 47. The van der Waals surface area contributed by atoms with Gasteiger partial charge in [-0.05, 0) is 51.4 Å². The fourth-order valence-corrected chi connectivity index (χ4v) is 10.2. The van der Waals surface area contributed by atoms with Crippen molar-refractivity contribution in [3.63, 3.8) is 0 Å². The molecule has 6 heteroatoms. The zero-order valence-corrected chi connectivity index (χ0v) is 47.5. The number of rotatable bonds is 60. The largest absolute Gasteiger partial charge is 0.466 e. The van der Waals surface area contributed by atoms with Crippen molar-refractivity contribution in [3.8, 4) is 0 Å². The molecule has 0 spiro atoms. The van der Waals surface area contributed by atoms with Crippen LogP contribution in [0.5, 0.6) is 0 Å². The maximum Gasteiger partial charge on any atom is 0.305 e. The van der Waals surface area contributed by atoms with E-state index in [4.69, 9.17) is 4.74 Å². The van der Waals surface area contributed by atoms with Crippen molar-refractivity contribution in [2.75, 3.05) is 13.2 Å². The summed E-state index contributed by atoms with van der Waals surface area (Å²) in [7, 11) is 0. The summed E-state index contributed by atoms with van der Waals surface area (Å²) in [6, 6.07) is -0.544. The van der Waals surface area contributed by atoms with Crippen molar-refractivity contribution < 1.29 is 24.5 Å². The standard InChI is InChI=1S/C64H125NO5/c1-3-5-7-9-11-13-15-17-19-21-26-30-34-38-42-46-50-54-58-64(69)70-59-55-51-47-43-39-35-31-27-23-22-25-29-33-37-41-45-49-53-57-63(68)65-61(60-66)62(67)56-52-48-44-40-36-32-28-24-20-18-16-14-12-10-8-6-4-2/h19,21,61-62,66-67H,3-18,20,22-60H2,1-2H3,(H,65,68)/b21-19-. The number of hydrogen-bond donors (Lipinski definition) is 3. The summed E-state index contributed by atoms with van der Waals surface area (Å²) in [4.78, 5) is 24.6. The van der Waals surface area contributed by atoms with Gasteiger partial charge >= 0.3 is 5.97 Å². The van der Waals surface area contributed by atoms with Crippen molar-refractivity contribution in [2.45, 2.75) is 373 Å². The number of carbonyl (C=O) groups is 2. The summed E-state index contributed by atoms with van der Waals surface area (Å²) in [6.07, 6.45) is 72.2. The second-order valence-electron chi connectivity index (χ2n) is 22.1. The first-order valence-electron chi connectivity index (χ1n) is 31.9. The van der Waals surface area contributed by atoms with Crippen LogP contribution in [0.1, 0.15) is 361 Å². The van der Waals surface area contributed by atoms with Gasteiger partial charge in [-0.3, -0.25) is 9.59 Å². The van der Waals surface area contributed by atoms with E-state index in [1.165, 1.54) is 283 Å². The van der Waals surface area contributed by atoms with Crippen LogP contribution in [0.3, 0.4) is 0 Å². The lowest BCUT2D eigenvalue weighted by molar-refractivity contribution is -0.143. The molecular weight excluding hydrogens is 863 g/mol. The maximum atomic E-state index is 12.5. The smallest absolute Gasteiger partial charge is 0.305 e. The predicted octanol–water partition coefficient (Wildman–Crippen LogP) is 20.0. The number of carbonyl (C=O) groups excluding carboxylic acids is 2. The molecule has 6 nitrogen and oxygen atoms in total. The highest BCUT2D eigenvalue weighted by atomic mass is 16.5. The Morgan fingerprint density at radius 3 is 1.01 bits per heavy atom. The van der Waals surface area contributed by atoms with Crippen LogP contribution in [0.25, 0.3) is 0 Å². The van der Waals surface area contributed by atoms with E-state index in [9.17, 15) is 19.8 Å². The van der Waals surface area contributed by atoms with E-state index in [2.05, 4.69) is 31.3 Å². The second-order valence-corrected chi connectivity index (χ2v) is 22.1. The molecule has 0 aromatic carbocycles. The van der Waals surface area contributed by atoms with Gasteiger partial charge in [0.25, 0.3) is 0 Å². The average molecular weight is 989 g/mol. The Morgan fingerprint density at radius 2 is 0.671 bits per heavy atom. The highest BCUT2D eigenvalue weighted by Crippen LogP contribution is 2.18. The molecule has 0 bridgehead atoms. The van der Waals surface area contributed by atoms with Gasteiger partial charge in [0.2, 0.25) is 5.91 Å². The minimum Gasteiger partial charge on any atom is -0.466 e. The molecule has 0 aromatic heterocycles. The molecule has 0 aliphatic heterocycles. The van der Waals surface area contributed by atoms with Gasteiger partial charge in [-0.2, -0.15) is 0 Å². The number of ether oxygens (including phenoxy) is 1. The quantitative estimate of drug-likeness (QED) is 0.0321. The Balaban J connectivity index is 3.39. The second kappa shape index (κ2) is 60.2. The molecule has 2 unspecified atom stereocenters. The van der Waals surface area contributed by atoms with Gasteiger partial charge in [0.1, 0.15) is 0 Å². The maximum absolute atomic E-state index is 12.5. The molecule has 0 fully saturated rings. The Morgan fingerprint density at radius 1 is 0.386 bits per heavy atom. The van der Waals surface area contributed by atoms with E-state index in [0.29, 0.717) is 25.9 Å². The number of aliphatic hydroxyl groups excluding tert-OH is 2. The molecule has 0 saturated carbocycles. The lowest BCUT2D eigenvalue weighted by Gasteiger charge is -2.22. The molecule has 0 aliphatic carbocycles. The normalized spacial score (nSPS) is 12.6. The van der Waals surface area contributed by atoms with E-state index < -0.39 is 12.1 Å². The van der Waals surface area contributed by atoms with Crippen molar-refractivity contribution in [1.29, 1.82) is 0 Å². The Hall–Kier alpha value is -1.40. The van der Waals surface area contributed by atoms with E-state index in [0.717, 1.165) is 44.9 Å². The zero-order valence-electron chi connectivity index (χ0n) is 47.5. The van der Waals surface area contributed by atoms with Crippen LogP contribution in [0.15, 0.2) is 12.2 Å². The predicted molar refractivity (Wildman–Crippen MR) is 306 cm³/mol. The van der Waals surface area contributed by atoms with Crippen LogP contribution >= 0.6 is 0 Å². The number of allylic oxidation sites excluding steroid dienone is 2. The summed E-state index contributed by atoms with van der Waals surface area (Å²) in [5, 5.41) is 23.3. The minimum absolute atomic E-state index is 0.00547. The number of esters is 1. The molecule has 0 rings (SSSR count). The molecule has 3 N–H and O–H groups in total. The monoisotopic (exact) mass is 988 g/mol. The van der Waals surface area contributed by atoms with Gasteiger partial charge in [0, 0.05) is 12.8 Å². The first kappa shape index (κ1) is 68.6. The third-order valence-electron chi connectivity index (χ3n) is 15.1. The van der Waals surface area contributed by atoms with Gasteiger partial charge < -0.3 is 20.3 Å². The van der Waals surface area contributed by atoms with Gasteiger partial charge in [0.15, 0.2) is 0 Å². The molecule has 1 amide bonds. The van der Waals surface area contributed by atoms with Crippen LogP contribution in [-0.4, -0.2) is 47.4 Å². The molecule has 0 saturated heterocycles. The van der Waals surface area contributed by atoms with Crippen LogP contribution < -0.4 is 5.32 Å². The number of nitrogens with one attached hydrogen (secondary N) is 1. The summed E-state index contributed by atoms with van der Waals surface area (Å²) < 4.78 is 5.50. The van der Waals surface area contributed by atoms with Crippen molar-refractivity contribution in [2.24, 2.45) is 0 Å². The zero-order chi connectivity index (χ0) is 50.7. The number of hydrogen-bond acceptors (Lipinski definition) is 5. The topological polar surface area (TPSA) is 95.9 Å². The fourth-order valence-electron chi connectivity index (χ4n) is 10.2. The highest BCUT2D eigenvalue weighted by Gasteiger charge is 2.20. The van der Waals surface area contributed by atoms with Crippen LogP contribution in [0, 0.1) is 0 Å². The molecule has 0 heterocycles. The van der Waals surface area contributed by atoms with Crippen LogP contribution in [0.4, 0.5) is 0 Å². The van der Waals surface area contributed by atoms with Gasteiger partial charge in [-0.15, -0.1) is 0 Å². The van der Waals surface area contributed by atoms with E-state index in [1.54, 1.807) is 0 Å². The van der Waals surface area contributed by atoms with Gasteiger partial charge in [-0.25, -0.2) is 0 Å². The first-order chi connectivity index (χ1) is 34.5. The summed E-state index contributed by atoms with van der Waals surface area (Å²) in [5.74, 6) is -0.0303. The summed E-state index contributed by atoms with van der Waals surface area (Å²) in [5.41, 5.74) is 0. The highest BCUT2D eigenvalue weighted by molar-refractivity contribution is 5.76. The van der Waals surface area contributed by atoms with Crippen LogP contribution in [-0.2, 0) is 14.3 Å². The van der Waals surface area contributed by atoms with E-state index >= 15 is 0 Å². The van der Waals surface area contributed by atoms with Crippen molar-refractivity contribution in [1.82, 2.24) is 5.32 Å². The lowest BCUT2D eigenvalue weighted by Crippen LogP contribution is -2.45. The molecule has 70 heavy (non-hydrogen) atoms. The molecule has 0 aromatic rings. The third kappa shape index (κ3) is 55.9. The SMILES string of the molecule is CCCCCCCCC/C=C\CCCCCCCCCC(=O)OCCCCCCCCCCCCCCCCCCCCC(=O)NC(CO)C(O)CCCCCCCCCCCCCCCCCCC. The van der Waals surface area contributed by atoms with Gasteiger partial charge in [-0.1, -0.05) is 309 Å². The summed E-state index contributed by atoms with van der Waals surface area (Å²) in [6.45, 7) is 4.97. The lowest BCUT2D eigenvalue weighted by atomic mass is 10.0. The minimum atomic E-state index is -0.667. The Kier molecular flexibility index (Phi) is 59.0. The number of aliphatic hydroxyl groups is 2. The third-order valence-corrected chi connectivity index (χ3v) is 15.1. The first-order valence-corrected chi connectivity index (χ1v) is 31.9. The summed E-state index contributed by atoms with van der Waals surface area (Å²) >= 11 is 0. The Labute approximate surface area is 438 Å². The fraction of sp³-hybridized carbons (Fsp3) is 0.938. The molecule has 0 aliphatic rings. The van der Waals surface area contributed by atoms with E-state index in [-0.39, 0.29) is 18.5 Å². The van der Waals surface area contributed by atoms with Crippen molar-refractivity contribution in [3.05, 3.63) is 12.2 Å². The van der Waals surface area contributed by atoms with Crippen molar-refractivity contribution >= 4 is 11.9 Å².